The van der Waals surface area contributed by atoms with Gasteiger partial charge in [-0.3, -0.25) is 4.79 Å². The minimum absolute atomic E-state index is 0.0784. The second-order valence-corrected chi connectivity index (χ2v) is 5.57. The van der Waals surface area contributed by atoms with Crippen LogP contribution in [0, 0.1) is 0 Å². The number of nitrogens with zero attached hydrogens (tertiary/aromatic N) is 1. The molecule has 6 heteroatoms. The molecule has 5 nitrogen and oxygen atoms in total. The molecule has 0 spiro atoms. The zero-order valence-electron chi connectivity index (χ0n) is 12.0. The Bertz CT molecular complexity index is 768. The molecular formula is C16H15N4OS+. The third-order valence-corrected chi connectivity index (χ3v) is 3.73. The first-order chi connectivity index (χ1) is 10.7. The Morgan fingerprint density at radius 3 is 2.45 bits per heavy atom. The average Bonchev–Trinajstić information content (AvgIpc) is 2.98. The zero-order valence-corrected chi connectivity index (χ0v) is 12.8. The van der Waals surface area contributed by atoms with Crippen molar-refractivity contribution in [3.8, 4) is 11.3 Å². The van der Waals surface area contributed by atoms with Crippen molar-refractivity contribution >= 4 is 33.8 Å². The number of pyridine rings is 1. The van der Waals surface area contributed by atoms with Crippen LogP contribution in [0.3, 0.4) is 0 Å². The molecule has 0 fully saturated rings. The number of benzene rings is 1. The molecule has 3 N–H and O–H groups in total. The number of amides is 1. The predicted molar refractivity (Wildman–Crippen MR) is 88.1 cm³/mol. The van der Waals surface area contributed by atoms with Crippen molar-refractivity contribution in [1.82, 2.24) is 4.98 Å². The number of aromatic nitrogens is 2. The molecule has 3 rings (SSSR count). The molecular weight excluding hydrogens is 296 g/mol. The predicted octanol–water partition coefficient (Wildman–Crippen LogP) is 3.33. The fraction of sp³-hybridized carbons (Fsp3) is 0.0625. The van der Waals surface area contributed by atoms with E-state index in [4.69, 9.17) is 0 Å². The maximum atomic E-state index is 11.0. The summed E-state index contributed by atoms with van der Waals surface area (Å²) in [5.41, 5.74) is 3.72. The number of H-pyrrole nitrogens is 1. The standard InChI is InChI=1S/C16H14N4OS/c1-11(21)18-13-2-4-14(5-3-13)19-16-20-15(10-22-16)12-6-8-17-9-7-12/h2-10H,1H3,(H,18,21)(H,19,20)/p+1. The van der Waals surface area contributed by atoms with Gasteiger partial charge in [0.1, 0.15) is 0 Å². The lowest BCUT2D eigenvalue weighted by Gasteiger charge is -2.05. The van der Waals surface area contributed by atoms with Crippen LogP contribution in [0.15, 0.2) is 54.2 Å². The van der Waals surface area contributed by atoms with Gasteiger partial charge in [-0.1, -0.05) is 0 Å². The second-order valence-electron chi connectivity index (χ2n) is 4.71. The Morgan fingerprint density at radius 2 is 1.77 bits per heavy atom. The number of nitrogens with one attached hydrogen (secondary N) is 3. The first-order valence-corrected chi connectivity index (χ1v) is 7.65. The van der Waals surface area contributed by atoms with E-state index in [1.165, 1.54) is 6.92 Å². The first kappa shape index (κ1) is 14.2. The summed E-state index contributed by atoms with van der Waals surface area (Å²) in [5, 5.41) is 8.85. The quantitative estimate of drug-likeness (QED) is 0.776. The SMILES string of the molecule is CC(=O)Nc1ccc(Nc2nc(-c3cc[nH+]cc3)cs2)cc1. The van der Waals surface area contributed by atoms with Crippen molar-refractivity contribution in [2.75, 3.05) is 10.6 Å². The number of rotatable bonds is 4. The van der Waals surface area contributed by atoms with Crippen LogP contribution < -0.4 is 15.6 Å². The molecule has 0 aliphatic carbocycles. The minimum atomic E-state index is -0.0784. The second kappa shape index (κ2) is 6.36. The summed E-state index contributed by atoms with van der Waals surface area (Å²) < 4.78 is 0. The smallest absolute Gasteiger partial charge is 0.221 e. The van der Waals surface area contributed by atoms with Crippen molar-refractivity contribution in [3.63, 3.8) is 0 Å². The van der Waals surface area contributed by atoms with E-state index in [1.807, 2.05) is 54.2 Å². The van der Waals surface area contributed by atoms with Crippen LogP contribution in [0.1, 0.15) is 6.92 Å². The molecule has 0 saturated carbocycles. The third-order valence-electron chi connectivity index (χ3n) is 2.97. The molecule has 0 saturated heterocycles. The van der Waals surface area contributed by atoms with Crippen LogP contribution >= 0.6 is 11.3 Å². The maximum Gasteiger partial charge on any atom is 0.221 e. The fourth-order valence-corrected chi connectivity index (χ4v) is 2.72. The Balaban J connectivity index is 1.71. The van der Waals surface area contributed by atoms with Crippen LogP contribution in [0.2, 0.25) is 0 Å². The lowest BCUT2D eigenvalue weighted by molar-refractivity contribution is -0.377. The molecule has 3 aromatic rings. The number of anilines is 3. The van der Waals surface area contributed by atoms with E-state index in [9.17, 15) is 4.79 Å². The summed E-state index contributed by atoms with van der Waals surface area (Å²) >= 11 is 1.55. The molecule has 22 heavy (non-hydrogen) atoms. The summed E-state index contributed by atoms with van der Waals surface area (Å²) in [6.07, 6.45) is 3.76. The van der Waals surface area contributed by atoms with Gasteiger partial charge in [0.05, 0.1) is 5.69 Å². The lowest BCUT2D eigenvalue weighted by atomic mass is 10.2. The molecule has 2 aromatic heterocycles. The van der Waals surface area contributed by atoms with E-state index in [0.29, 0.717) is 0 Å². The lowest BCUT2D eigenvalue weighted by Crippen LogP contribution is -2.05. The fourth-order valence-electron chi connectivity index (χ4n) is 1.99. The molecule has 0 aliphatic heterocycles. The van der Waals surface area contributed by atoms with E-state index in [2.05, 4.69) is 20.6 Å². The van der Waals surface area contributed by atoms with Crippen molar-refractivity contribution in [1.29, 1.82) is 0 Å². The molecule has 0 aliphatic rings. The van der Waals surface area contributed by atoms with Gasteiger partial charge in [0.25, 0.3) is 0 Å². The summed E-state index contributed by atoms with van der Waals surface area (Å²) in [6.45, 7) is 1.49. The van der Waals surface area contributed by atoms with E-state index in [-0.39, 0.29) is 5.91 Å². The van der Waals surface area contributed by atoms with Crippen molar-refractivity contribution in [2.24, 2.45) is 0 Å². The number of thiazole rings is 1. The third kappa shape index (κ3) is 3.48. The van der Waals surface area contributed by atoms with Gasteiger partial charge in [-0.2, -0.15) is 0 Å². The zero-order chi connectivity index (χ0) is 15.4. The number of hydrogen-bond acceptors (Lipinski definition) is 4. The Kier molecular flexibility index (Phi) is 4.11. The highest BCUT2D eigenvalue weighted by atomic mass is 32.1. The van der Waals surface area contributed by atoms with E-state index in [1.54, 1.807) is 11.3 Å². The van der Waals surface area contributed by atoms with Crippen LogP contribution in [-0.4, -0.2) is 10.9 Å². The topological polar surface area (TPSA) is 68.2 Å². The molecule has 110 valence electrons. The van der Waals surface area contributed by atoms with Gasteiger partial charge < -0.3 is 10.6 Å². The number of carbonyl (C=O) groups is 1. The van der Waals surface area contributed by atoms with Crippen LogP contribution in [-0.2, 0) is 4.79 Å². The maximum absolute atomic E-state index is 11.0. The van der Waals surface area contributed by atoms with Gasteiger partial charge in [-0.15, -0.1) is 11.3 Å². The van der Waals surface area contributed by atoms with Crippen LogP contribution in [0.5, 0.6) is 0 Å². The molecule has 0 unspecified atom stereocenters. The van der Waals surface area contributed by atoms with Gasteiger partial charge in [0.2, 0.25) is 5.91 Å². The van der Waals surface area contributed by atoms with Gasteiger partial charge in [0.15, 0.2) is 17.5 Å². The first-order valence-electron chi connectivity index (χ1n) is 6.77. The van der Waals surface area contributed by atoms with E-state index < -0.39 is 0 Å². The van der Waals surface area contributed by atoms with Crippen LogP contribution in [0.25, 0.3) is 11.3 Å². The highest BCUT2D eigenvalue weighted by molar-refractivity contribution is 7.14. The molecule has 2 heterocycles. The summed E-state index contributed by atoms with van der Waals surface area (Å²) in [5.74, 6) is -0.0784. The van der Waals surface area contributed by atoms with Crippen molar-refractivity contribution in [3.05, 3.63) is 54.2 Å². The molecule has 0 atom stereocenters. The van der Waals surface area contributed by atoms with Gasteiger partial charge in [-0.05, 0) is 24.3 Å². The molecule has 0 bridgehead atoms. The minimum Gasteiger partial charge on any atom is -0.332 e. The van der Waals surface area contributed by atoms with Crippen molar-refractivity contribution in [2.45, 2.75) is 6.92 Å². The largest absolute Gasteiger partial charge is 0.332 e. The number of carbonyl (C=O) groups excluding carboxylic acids is 1. The highest BCUT2D eigenvalue weighted by Gasteiger charge is 2.05. The average molecular weight is 311 g/mol. The summed E-state index contributed by atoms with van der Waals surface area (Å²) in [6, 6.07) is 11.5. The highest BCUT2D eigenvalue weighted by Crippen LogP contribution is 2.27. The molecule has 1 aromatic carbocycles. The van der Waals surface area contributed by atoms with Gasteiger partial charge >= 0.3 is 0 Å². The monoisotopic (exact) mass is 311 g/mol. The molecule has 0 radical (unpaired) electrons. The summed E-state index contributed by atoms with van der Waals surface area (Å²) in [4.78, 5) is 18.6. The Morgan fingerprint density at radius 1 is 1.09 bits per heavy atom. The number of aromatic amines is 1. The van der Waals surface area contributed by atoms with Crippen LogP contribution in [0.4, 0.5) is 16.5 Å². The Labute approximate surface area is 132 Å². The van der Waals surface area contributed by atoms with E-state index >= 15 is 0 Å². The summed E-state index contributed by atoms with van der Waals surface area (Å²) in [7, 11) is 0. The van der Waals surface area contributed by atoms with Crippen molar-refractivity contribution < 1.29 is 9.78 Å². The van der Waals surface area contributed by atoms with Gasteiger partial charge in [-0.25, -0.2) is 9.97 Å². The van der Waals surface area contributed by atoms with E-state index in [0.717, 1.165) is 27.8 Å². The number of hydrogen-bond donors (Lipinski definition) is 2. The molecule has 1 amide bonds. The van der Waals surface area contributed by atoms with Gasteiger partial charge in [0, 0.05) is 41.4 Å². The Hall–Kier alpha value is -2.73. The normalized spacial score (nSPS) is 10.2.